The van der Waals surface area contributed by atoms with Crippen LogP contribution in [0.4, 0.5) is 0 Å². The van der Waals surface area contributed by atoms with E-state index < -0.39 is 29.6 Å². The molecule has 3 heterocycles. The van der Waals surface area contributed by atoms with Gasteiger partial charge >= 0.3 is 5.97 Å². The van der Waals surface area contributed by atoms with Crippen molar-refractivity contribution >= 4 is 5.97 Å². The average Bonchev–Trinajstić information content (AvgIpc) is 3.19. The van der Waals surface area contributed by atoms with Crippen LogP contribution >= 0.6 is 0 Å². The summed E-state index contributed by atoms with van der Waals surface area (Å²) in [7, 11) is 0. The summed E-state index contributed by atoms with van der Waals surface area (Å²) in [4.78, 5) is 13.2. The largest absolute Gasteiger partial charge is 0.431 e. The van der Waals surface area contributed by atoms with Gasteiger partial charge in [-0.15, -0.1) is 0 Å². The molecule has 0 aromatic carbocycles. The minimum atomic E-state index is -0.833. The molecule has 4 atom stereocenters. The van der Waals surface area contributed by atoms with Crippen molar-refractivity contribution in [3.8, 4) is 0 Å². The van der Waals surface area contributed by atoms with E-state index in [1.165, 1.54) is 12.8 Å². The molecule has 31 heavy (non-hydrogen) atoms. The number of ether oxygens (including phenoxy) is 6. The van der Waals surface area contributed by atoms with Crippen molar-refractivity contribution in [1.29, 1.82) is 0 Å². The number of hydrogen-bond acceptors (Lipinski definition) is 7. The first-order valence-electron chi connectivity index (χ1n) is 12.7. The molecule has 3 saturated heterocycles. The second-order valence-electron chi connectivity index (χ2n) is 10.5. The molecule has 0 radical (unpaired) electrons. The normalized spacial score (nSPS) is 41.2. The Labute approximate surface area is 184 Å². The van der Waals surface area contributed by atoms with Gasteiger partial charge in [0.15, 0.2) is 17.7 Å². The van der Waals surface area contributed by atoms with Crippen LogP contribution in [0.25, 0.3) is 0 Å². The van der Waals surface area contributed by atoms with E-state index in [0.29, 0.717) is 6.61 Å². The van der Waals surface area contributed by atoms with E-state index in [9.17, 15) is 4.79 Å². The van der Waals surface area contributed by atoms with Gasteiger partial charge in [-0.05, 0) is 38.5 Å². The molecule has 3 saturated carbocycles. The lowest BCUT2D eigenvalue weighted by Crippen LogP contribution is -2.69. The molecule has 0 bridgehead atoms. The summed E-state index contributed by atoms with van der Waals surface area (Å²) in [6, 6.07) is 0. The van der Waals surface area contributed by atoms with Crippen molar-refractivity contribution in [3.05, 3.63) is 0 Å². The van der Waals surface area contributed by atoms with E-state index in [0.717, 1.165) is 83.5 Å². The van der Waals surface area contributed by atoms with Crippen LogP contribution in [-0.2, 0) is 33.2 Å². The third kappa shape index (κ3) is 3.74. The highest BCUT2D eigenvalue weighted by Crippen LogP contribution is 2.48. The van der Waals surface area contributed by atoms with Crippen LogP contribution in [0.5, 0.6) is 0 Å². The highest BCUT2D eigenvalue weighted by Gasteiger charge is 2.62. The standard InChI is InChI=1S/C24H36O7/c25-21-20-19(29-24(31-21)14-8-3-9-15-24)18(28-23(30-20)12-6-2-7-13-23)17-16-26-22(27-17)10-4-1-5-11-22/h17-20H,1-16H2/t17-,18+,19-,20-/m0/s1. The van der Waals surface area contributed by atoms with Gasteiger partial charge in [0.1, 0.15) is 18.3 Å². The minimum Gasteiger partial charge on any atom is -0.431 e. The van der Waals surface area contributed by atoms with E-state index in [4.69, 9.17) is 28.4 Å². The lowest BCUT2D eigenvalue weighted by atomic mass is 9.88. The Morgan fingerprint density at radius 3 is 1.77 bits per heavy atom. The maximum Gasteiger partial charge on any atom is 0.340 e. The fourth-order valence-electron chi connectivity index (χ4n) is 6.65. The molecule has 7 nitrogen and oxygen atoms in total. The highest BCUT2D eigenvalue weighted by molar-refractivity contribution is 5.77. The summed E-state index contributed by atoms with van der Waals surface area (Å²) < 4.78 is 38.5. The Hall–Kier alpha value is -0.730. The molecule has 0 aromatic heterocycles. The predicted octanol–water partition coefficient (Wildman–Crippen LogP) is 4.11. The molecule has 174 valence electrons. The summed E-state index contributed by atoms with van der Waals surface area (Å²) in [6.45, 7) is 0.482. The van der Waals surface area contributed by atoms with Gasteiger partial charge in [-0.2, -0.15) is 0 Å². The zero-order chi connectivity index (χ0) is 20.9. The quantitative estimate of drug-likeness (QED) is 0.573. The molecular formula is C24H36O7. The molecule has 6 rings (SSSR count). The van der Waals surface area contributed by atoms with E-state index in [-0.39, 0.29) is 18.2 Å². The SMILES string of the molecule is O=C1OC2(CCCCC2)O[C@H]2[C@@H]([C@@H]3COC4(CCCCC4)O3)OC3(CCCCC3)O[C@H]12. The zero-order valence-electron chi connectivity index (χ0n) is 18.5. The Kier molecular flexibility index (Phi) is 5.34. The third-order valence-electron chi connectivity index (χ3n) is 8.27. The van der Waals surface area contributed by atoms with Gasteiger partial charge in [0.05, 0.1) is 6.61 Å². The van der Waals surface area contributed by atoms with Crippen LogP contribution in [0.2, 0.25) is 0 Å². The summed E-state index contributed by atoms with van der Waals surface area (Å²) >= 11 is 0. The Balaban J connectivity index is 1.29. The van der Waals surface area contributed by atoms with Crippen LogP contribution in [0.1, 0.15) is 96.3 Å². The summed E-state index contributed by atoms with van der Waals surface area (Å²) in [6.07, 6.45) is 12.9. The lowest BCUT2D eigenvalue weighted by Gasteiger charge is -2.55. The van der Waals surface area contributed by atoms with Crippen molar-refractivity contribution in [1.82, 2.24) is 0 Å². The van der Waals surface area contributed by atoms with Crippen molar-refractivity contribution in [2.75, 3.05) is 6.61 Å². The summed E-state index contributed by atoms with van der Waals surface area (Å²) in [5.41, 5.74) is 0. The first-order chi connectivity index (χ1) is 15.1. The fraction of sp³-hybridized carbons (Fsp3) is 0.958. The number of hydrogen-bond donors (Lipinski definition) is 0. The number of carbonyl (C=O) groups is 1. The maximum absolute atomic E-state index is 13.2. The maximum atomic E-state index is 13.2. The molecule has 0 aromatic rings. The van der Waals surface area contributed by atoms with Crippen molar-refractivity contribution in [2.45, 2.75) is 138 Å². The van der Waals surface area contributed by atoms with Crippen LogP contribution in [0, 0.1) is 0 Å². The topological polar surface area (TPSA) is 72.5 Å². The van der Waals surface area contributed by atoms with Crippen LogP contribution < -0.4 is 0 Å². The molecule has 0 N–H and O–H groups in total. The van der Waals surface area contributed by atoms with Crippen LogP contribution in [0.15, 0.2) is 0 Å². The second-order valence-corrected chi connectivity index (χ2v) is 10.5. The van der Waals surface area contributed by atoms with Gasteiger partial charge in [-0.1, -0.05) is 19.3 Å². The van der Waals surface area contributed by atoms with Gasteiger partial charge in [0.25, 0.3) is 0 Å². The first-order valence-corrected chi connectivity index (χ1v) is 12.7. The molecule has 7 heteroatoms. The van der Waals surface area contributed by atoms with Crippen molar-refractivity contribution in [2.24, 2.45) is 0 Å². The lowest BCUT2D eigenvalue weighted by molar-refractivity contribution is -0.413. The number of fused-ring (bicyclic) bond motifs is 1. The third-order valence-corrected chi connectivity index (χ3v) is 8.27. The van der Waals surface area contributed by atoms with Crippen LogP contribution in [0.3, 0.4) is 0 Å². The second kappa shape index (κ2) is 7.94. The van der Waals surface area contributed by atoms with Gasteiger partial charge in [-0.25, -0.2) is 4.79 Å². The monoisotopic (exact) mass is 436 g/mol. The molecular weight excluding hydrogens is 400 g/mol. The number of carbonyl (C=O) groups excluding carboxylic acids is 1. The Morgan fingerprint density at radius 2 is 1.13 bits per heavy atom. The van der Waals surface area contributed by atoms with E-state index in [2.05, 4.69) is 0 Å². The van der Waals surface area contributed by atoms with Crippen LogP contribution in [-0.4, -0.2) is 54.4 Å². The van der Waals surface area contributed by atoms with Gasteiger partial charge < -0.3 is 28.4 Å². The Bertz CT molecular complexity index is 675. The summed E-state index contributed by atoms with van der Waals surface area (Å²) in [5, 5.41) is 0. The molecule has 3 spiro atoms. The zero-order valence-corrected chi connectivity index (χ0v) is 18.5. The fourth-order valence-corrected chi connectivity index (χ4v) is 6.65. The smallest absolute Gasteiger partial charge is 0.340 e. The average molecular weight is 437 g/mol. The molecule has 0 unspecified atom stereocenters. The van der Waals surface area contributed by atoms with Crippen molar-refractivity contribution < 1.29 is 33.2 Å². The minimum absolute atomic E-state index is 0.250. The highest BCUT2D eigenvalue weighted by atomic mass is 16.8. The first kappa shape index (κ1) is 20.8. The molecule has 0 amide bonds. The van der Waals surface area contributed by atoms with Crippen molar-refractivity contribution in [3.63, 3.8) is 0 Å². The number of esters is 1. The van der Waals surface area contributed by atoms with E-state index >= 15 is 0 Å². The van der Waals surface area contributed by atoms with Gasteiger partial charge in [-0.3, -0.25) is 0 Å². The molecule has 6 fully saturated rings. The Morgan fingerprint density at radius 1 is 0.581 bits per heavy atom. The van der Waals surface area contributed by atoms with Gasteiger partial charge in [0.2, 0.25) is 5.79 Å². The predicted molar refractivity (Wildman–Crippen MR) is 109 cm³/mol. The number of rotatable bonds is 1. The molecule has 6 aliphatic rings. The molecule has 3 aliphatic heterocycles. The summed E-state index contributed by atoms with van der Waals surface area (Å²) in [5.74, 6) is -2.35. The van der Waals surface area contributed by atoms with E-state index in [1.54, 1.807) is 0 Å². The molecule has 3 aliphatic carbocycles. The van der Waals surface area contributed by atoms with Gasteiger partial charge in [0, 0.05) is 38.5 Å². The van der Waals surface area contributed by atoms with E-state index in [1.807, 2.05) is 0 Å².